The Kier molecular flexibility index (Phi) is 3.51. The Morgan fingerprint density at radius 3 is 2.83 bits per heavy atom. The van der Waals surface area contributed by atoms with Crippen LogP contribution in [0.2, 0.25) is 0 Å². The van der Waals surface area contributed by atoms with Gasteiger partial charge in [-0.2, -0.15) is 0 Å². The zero-order chi connectivity index (χ0) is 13.1. The molecule has 0 fully saturated rings. The lowest BCUT2D eigenvalue weighted by Crippen LogP contribution is -1.93. The third kappa shape index (κ3) is 2.04. The van der Waals surface area contributed by atoms with Gasteiger partial charge in [0.25, 0.3) is 0 Å². The number of allylic oxidation sites excluding steroid dienone is 2. The topological polar surface area (TPSA) is 31.2 Å². The van der Waals surface area contributed by atoms with Crippen LogP contribution in [0.5, 0.6) is 5.75 Å². The number of hydrogen-bond acceptors (Lipinski definition) is 2. The molecular weight excluding hydrogens is 226 g/mol. The molecule has 0 aliphatic heterocycles. The number of carbonyl (C=O) groups excluding carboxylic acids is 1. The summed E-state index contributed by atoms with van der Waals surface area (Å²) in [5.74, 6) is 0.800. The van der Waals surface area contributed by atoms with E-state index in [9.17, 15) is 4.79 Å². The molecule has 0 bridgehead atoms. The van der Waals surface area contributed by atoms with Crippen LogP contribution in [0.4, 0.5) is 0 Å². The van der Waals surface area contributed by atoms with Gasteiger partial charge in [-0.3, -0.25) is 4.79 Å². The van der Waals surface area contributed by atoms with E-state index < -0.39 is 0 Å². The van der Waals surface area contributed by atoms with E-state index in [4.69, 9.17) is 4.74 Å². The maximum Gasteiger partial charge on any atom is 0.187 e. The Labute approximate surface area is 107 Å². The Morgan fingerprint density at radius 1 is 1.44 bits per heavy atom. The number of benzene rings is 1. The summed E-state index contributed by atoms with van der Waals surface area (Å²) in [5.41, 5.74) is 1.79. The zero-order valence-corrected chi connectivity index (χ0v) is 10.9. The zero-order valence-electron chi connectivity index (χ0n) is 10.9. The number of carbonyl (C=O) groups is 1. The molecule has 1 aromatic carbocycles. The normalized spacial score (nSPS) is 11.3. The lowest BCUT2D eigenvalue weighted by atomic mass is 10.1. The monoisotopic (exact) mass is 243 g/mol. The molecular formula is C15H17NO2. The Hall–Kier alpha value is -2.03. The summed E-state index contributed by atoms with van der Waals surface area (Å²) in [6, 6.07) is 5.82. The SMILES string of the molecule is C/C=C/C(=O)c1cn(CC)c2ccc(OC)cc12. The number of rotatable bonds is 4. The van der Waals surface area contributed by atoms with Crippen molar-refractivity contribution in [3.63, 3.8) is 0 Å². The van der Waals surface area contributed by atoms with E-state index in [-0.39, 0.29) is 5.78 Å². The highest BCUT2D eigenvalue weighted by Crippen LogP contribution is 2.26. The summed E-state index contributed by atoms with van der Waals surface area (Å²) in [7, 11) is 1.63. The molecule has 3 heteroatoms. The number of methoxy groups -OCH3 is 1. The van der Waals surface area contributed by atoms with Gasteiger partial charge in [0.1, 0.15) is 5.75 Å². The van der Waals surface area contributed by atoms with Crippen molar-refractivity contribution in [1.29, 1.82) is 0 Å². The van der Waals surface area contributed by atoms with Crippen LogP contribution in [0, 0.1) is 0 Å². The number of aromatic nitrogens is 1. The van der Waals surface area contributed by atoms with Crippen molar-refractivity contribution in [2.75, 3.05) is 7.11 Å². The van der Waals surface area contributed by atoms with Crippen molar-refractivity contribution in [2.24, 2.45) is 0 Å². The van der Waals surface area contributed by atoms with Gasteiger partial charge in [0.05, 0.1) is 7.11 Å². The van der Waals surface area contributed by atoms with Crippen LogP contribution in [0.25, 0.3) is 10.9 Å². The van der Waals surface area contributed by atoms with Crippen molar-refractivity contribution in [2.45, 2.75) is 20.4 Å². The number of ether oxygens (including phenoxy) is 1. The van der Waals surface area contributed by atoms with E-state index in [0.29, 0.717) is 0 Å². The lowest BCUT2D eigenvalue weighted by Gasteiger charge is -2.02. The van der Waals surface area contributed by atoms with E-state index in [1.54, 1.807) is 19.3 Å². The average Bonchev–Trinajstić information content (AvgIpc) is 2.76. The molecule has 1 heterocycles. The third-order valence-corrected chi connectivity index (χ3v) is 3.01. The summed E-state index contributed by atoms with van der Waals surface area (Å²) >= 11 is 0. The molecule has 0 spiro atoms. The minimum absolute atomic E-state index is 0.0305. The van der Waals surface area contributed by atoms with E-state index in [0.717, 1.165) is 28.8 Å². The first-order valence-electron chi connectivity index (χ1n) is 6.05. The van der Waals surface area contributed by atoms with Gasteiger partial charge in [0, 0.05) is 29.2 Å². The molecule has 2 aromatic rings. The van der Waals surface area contributed by atoms with Crippen molar-refractivity contribution >= 4 is 16.7 Å². The van der Waals surface area contributed by atoms with Crippen LogP contribution in [0.1, 0.15) is 24.2 Å². The fourth-order valence-electron chi connectivity index (χ4n) is 2.10. The number of aryl methyl sites for hydroxylation is 1. The maximum atomic E-state index is 12.0. The predicted molar refractivity (Wildman–Crippen MR) is 73.3 cm³/mol. The Balaban J connectivity index is 2.68. The molecule has 0 N–H and O–H groups in total. The van der Waals surface area contributed by atoms with Gasteiger partial charge in [0.15, 0.2) is 5.78 Å². The van der Waals surface area contributed by atoms with Crippen LogP contribution in [-0.2, 0) is 6.54 Å². The van der Waals surface area contributed by atoms with E-state index in [1.165, 1.54) is 0 Å². The van der Waals surface area contributed by atoms with Crippen molar-refractivity contribution in [1.82, 2.24) is 4.57 Å². The highest BCUT2D eigenvalue weighted by Gasteiger charge is 2.13. The smallest absolute Gasteiger partial charge is 0.187 e. The summed E-state index contributed by atoms with van der Waals surface area (Å²) in [4.78, 5) is 12.0. The second-order valence-electron chi connectivity index (χ2n) is 4.08. The second kappa shape index (κ2) is 5.08. The van der Waals surface area contributed by atoms with Gasteiger partial charge < -0.3 is 9.30 Å². The van der Waals surface area contributed by atoms with Crippen molar-refractivity contribution in [3.05, 3.63) is 42.1 Å². The molecule has 0 saturated carbocycles. The minimum Gasteiger partial charge on any atom is -0.497 e. The highest BCUT2D eigenvalue weighted by molar-refractivity contribution is 6.13. The van der Waals surface area contributed by atoms with Crippen molar-refractivity contribution in [3.8, 4) is 5.75 Å². The molecule has 2 rings (SSSR count). The molecule has 0 saturated heterocycles. The standard InChI is InChI=1S/C15H17NO2/c1-4-6-15(17)13-10-16(5-2)14-8-7-11(18-3)9-12(13)14/h4,6-10H,5H2,1-3H3/b6-4+. The van der Waals surface area contributed by atoms with Gasteiger partial charge in [-0.25, -0.2) is 0 Å². The second-order valence-corrected chi connectivity index (χ2v) is 4.08. The first-order valence-corrected chi connectivity index (χ1v) is 6.05. The first-order chi connectivity index (χ1) is 8.71. The summed E-state index contributed by atoms with van der Waals surface area (Å²) in [6.07, 6.45) is 5.26. The van der Waals surface area contributed by atoms with Gasteiger partial charge in [-0.05, 0) is 38.1 Å². The highest BCUT2D eigenvalue weighted by atomic mass is 16.5. The molecule has 0 aliphatic rings. The van der Waals surface area contributed by atoms with Crippen LogP contribution < -0.4 is 4.74 Å². The molecule has 94 valence electrons. The van der Waals surface area contributed by atoms with E-state index in [2.05, 4.69) is 11.5 Å². The molecule has 18 heavy (non-hydrogen) atoms. The molecule has 0 aliphatic carbocycles. The summed E-state index contributed by atoms with van der Waals surface area (Å²) < 4.78 is 7.30. The van der Waals surface area contributed by atoms with E-state index >= 15 is 0 Å². The first kappa shape index (κ1) is 12.4. The maximum absolute atomic E-state index is 12.0. The summed E-state index contributed by atoms with van der Waals surface area (Å²) in [6.45, 7) is 4.75. The van der Waals surface area contributed by atoms with Crippen LogP contribution in [-0.4, -0.2) is 17.5 Å². The average molecular weight is 243 g/mol. The van der Waals surface area contributed by atoms with Gasteiger partial charge >= 0.3 is 0 Å². The van der Waals surface area contributed by atoms with Crippen molar-refractivity contribution < 1.29 is 9.53 Å². The van der Waals surface area contributed by atoms with Gasteiger partial charge in [0.2, 0.25) is 0 Å². The fourth-order valence-corrected chi connectivity index (χ4v) is 2.10. The number of fused-ring (bicyclic) bond motifs is 1. The summed E-state index contributed by atoms with van der Waals surface area (Å²) in [5, 5.41) is 0.944. The lowest BCUT2D eigenvalue weighted by molar-refractivity contribution is 0.104. The van der Waals surface area contributed by atoms with Gasteiger partial charge in [-0.15, -0.1) is 0 Å². The van der Waals surface area contributed by atoms with E-state index in [1.807, 2.05) is 31.3 Å². The fraction of sp³-hybridized carbons (Fsp3) is 0.267. The Bertz CT molecular complexity index is 608. The minimum atomic E-state index is 0.0305. The molecule has 0 radical (unpaired) electrons. The Morgan fingerprint density at radius 2 is 2.22 bits per heavy atom. The predicted octanol–water partition coefficient (Wildman–Crippen LogP) is 3.43. The van der Waals surface area contributed by atoms with Crippen LogP contribution >= 0.6 is 0 Å². The molecule has 3 nitrogen and oxygen atoms in total. The molecule has 0 unspecified atom stereocenters. The molecule has 1 aromatic heterocycles. The van der Waals surface area contributed by atoms with Gasteiger partial charge in [-0.1, -0.05) is 6.08 Å². The molecule has 0 atom stereocenters. The quantitative estimate of drug-likeness (QED) is 0.608. The van der Waals surface area contributed by atoms with Crippen LogP contribution in [0.3, 0.4) is 0 Å². The number of hydrogen-bond donors (Lipinski definition) is 0. The molecule has 0 amide bonds. The van der Waals surface area contributed by atoms with Crippen LogP contribution in [0.15, 0.2) is 36.5 Å². The third-order valence-electron chi connectivity index (χ3n) is 3.01. The largest absolute Gasteiger partial charge is 0.497 e. The number of nitrogens with zero attached hydrogens (tertiary/aromatic N) is 1. The number of ketones is 1.